The van der Waals surface area contributed by atoms with Gasteiger partial charge in [-0.15, -0.1) is 0 Å². The standard InChI is InChI=1S/C10H13F2NO2S/c1-10(12,6-13)7-16(14,15)9-4-2-8(11)3-5-9/h2-5H,6-7,13H2,1H3. The Morgan fingerprint density at radius 2 is 1.81 bits per heavy atom. The number of hydrogen-bond donors (Lipinski definition) is 1. The van der Waals surface area contributed by atoms with E-state index in [1.807, 2.05) is 0 Å². The molecule has 0 saturated carbocycles. The van der Waals surface area contributed by atoms with Crippen LogP contribution in [0.5, 0.6) is 0 Å². The normalized spacial score (nSPS) is 15.8. The van der Waals surface area contributed by atoms with E-state index in [0.717, 1.165) is 31.2 Å². The predicted molar refractivity (Wildman–Crippen MR) is 57.0 cm³/mol. The topological polar surface area (TPSA) is 60.2 Å². The van der Waals surface area contributed by atoms with Gasteiger partial charge in [0.1, 0.15) is 11.5 Å². The van der Waals surface area contributed by atoms with Crippen LogP contribution in [-0.2, 0) is 9.84 Å². The first kappa shape index (κ1) is 13.1. The van der Waals surface area contributed by atoms with E-state index >= 15 is 0 Å². The first-order chi connectivity index (χ1) is 7.27. The second kappa shape index (κ2) is 4.47. The van der Waals surface area contributed by atoms with Gasteiger partial charge in [0.05, 0.1) is 10.6 Å². The van der Waals surface area contributed by atoms with Crippen LogP contribution < -0.4 is 5.73 Å². The summed E-state index contributed by atoms with van der Waals surface area (Å²) >= 11 is 0. The molecule has 0 amide bonds. The smallest absolute Gasteiger partial charge is 0.181 e. The Kier molecular flexibility index (Phi) is 3.64. The number of benzene rings is 1. The van der Waals surface area contributed by atoms with Gasteiger partial charge in [0, 0.05) is 6.54 Å². The molecular formula is C10H13F2NO2S. The molecule has 0 aromatic heterocycles. The second-order valence-corrected chi connectivity index (χ2v) is 5.82. The summed E-state index contributed by atoms with van der Waals surface area (Å²) in [6, 6.07) is 4.25. The lowest BCUT2D eigenvalue weighted by Gasteiger charge is -2.17. The molecule has 90 valence electrons. The quantitative estimate of drug-likeness (QED) is 0.818. The fraction of sp³-hybridized carbons (Fsp3) is 0.400. The van der Waals surface area contributed by atoms with Crippen LogP contribution in [0.2, 0.25) is 0 Å². The van der Waals surface area contributed by atoms with Crippen LogP contribution in [0, 0.1) is 5.82 Å². The summed E-state index contributed by atoms with van der Waals surface area (Å²) in [5, 5.41) is 0. The minimum Gasteiger partial charge on any atom is -0.328 e. The minimum atomic E-state index is -3.77. The number of nitrogens with two attached hydrogens (primary N) is 1. The van der Waals surface area contributed by atoms with Crippen molar-refractivity contribution in [2.75, 3.05) is 12.3 Å². The summed E-state index contributed by atoms with van der Waals surface area (Å²) in [6.07, 6.45) is 0. The Morgan fingerprint density at radius 3 is 2.25 bits per heavy atom. The fourth-order valence-electron chi connectivity index (χ4n) is 1.18. The zero-order valence-corrected chi connectivity index (χ0v) is 9.60. The predicted octanol–water partition coefficient (Wildman–Crippen LogP) is 1.29. The van der Waals surface area contributed by atoms with Gasteiger partial charge in [-0.1, -0.05) is 0 Å². The molecule has 1 unspecified atom stereocenters. The van der Waals surface area contributed by atoms with E-state index < -0.39 is 27.1 Å². The molecular weight excluding hydrogens is 236 g/mol. The van der Waals surface area contributed by atoms with E-state index in [1.54, 1.807) is 0 Å². The van der Waals surface area contributed by atoms with Gasteiger partial charge in [0.25, 0.3) is 0 Å². The van der Waals surface area contributed by atoms with Crippen molar-refractivity contribution in [2.45, 2.75) is 17.5 Å². The van der Waals surface area contributed by atoms with E-state index in [1.165, 1.54) is 0 Å². The Balaban J connectivity index is 2.99. The zero-order chi connectivity index (χ0) is 12.4. The van der Waals surface area contributed by atoms with Gasteiger partial charge >= 0.3 is 0 Å². The Hall–Kier alpha value is -1.01. The third-order valence-corrected chi connectivity index (χ3v) is 4.06. The van der Waals surface area contributed by atoms with Gasteiger partial charge in [-0.25, -0.2) is 17.2 Å². The van der Waals surface area contributed by atoms with Crippen LogP contribution in [0.15, 0.2) is 29.2 Å². The van der Waals surface area contributed by atoms with Crippen molar-refractivity contribution >= 4 is 9.84 Å². The van der Waals surface area contributed by atoms with Crippen LogP contribution >= 0.6 is 0 Å². The molecule has 1 rings (SSSR count). The van der Waals surface area contributed by atoms with Gasteiger partial charge in [-0.3, -0.25) is 0 Å². The van der Waals surface area contributed by atoms with E-state index in [0.29, 0.717) is 0 Å². The summed E-state index contributed by atoms with van der Waals surface area (Å²) in [5.74, 6) is -1.25. The lowest BCUT2D eigenvalue weighted by Crippen LogP contribution is -2.37. The molecule has 0 spiro atoms. The largest absolute Gasteiger partial charge is 0.328 e. The van der Waals surface area contributed by atoms with Crippen molar-refractivity contribution in [1.29, 1.82) is 0 Å². The van der Waals surface area contributed by atoms with Gasteiger partial charge < -0.3 is 5.73 Å². The maximum atomic E-state index is 13.5. The summed E-state index contributed by atoms with van der Waals surface area (Å²) in [4.78, 5) is -0.105. The molecule has 0 fully saturated rings. The van der Waals surface area contributed by atoms with Gasteiger partial charge in [-0.2, -0.15) is 0 Å². The zero-order valence-electron chi connectivity index (χ0n) is 8.78. The maximum absolute atomic E-state index is 13.5. The van der Waals surface area contributed by atoms with Crippen LogP contribution in [0.3, 0.4) is 0 Å². The molecule has 6 heteroatoms. The SMILES string of the molecule is CC(F)(CN)CS(=O)(=O)c1ccc(F)cc1. The van der Waals surface area contributed by atoms with E-state index in [4.69, 9.17) is 5.73 Å². The monoisotopic (exact) mass is 249 g/mol. The van der Waals surface area contributed by atoms with Gasteiger partial charge in [0.2, 0.25) is 0 Å². The molecule has 1 atom stereocenters. The Bertz CT molecular complexity index is 454. The van der Waals surface area contributed by atoms with Crippen molar-refractivity contribution in [3.8, 4) is 0 Å². The van der Waals surface area contributed by atoms with Crippen LogP contribution in [-0.4, -0.2) is 26.4 Å². The molecule has 0 aliphatic rings. The second-order valence-electron chi connectivity index (χ2n) is 3.83. The molecule has 16 heavy (non-hydrogen) atoms. The number of rotatable bonds is 4. The molecule has 0 aliphatic carbocycles. The average Bonchev–Trinajstić information content (AvgIpc) is 2.17. The first-order valence-electron chi connectivity index (χ1n) is 4.64. The van der Waals surface area contributed by atoms with Gasteiger partial charge in [-0.05, 0) is 31.2 Å². The third kappa shape index (κ3) is 3.24. The first-order valence-corrected chi connectivity index (χ1v) is 6.29. The van der Waals surface area contributed by atoms with Crippen molar-refractivity contribution in [2.24, 2.45) is 5.73 Å². The molecule has 0 bridgehead atoms. The summed E-state index contributed by atoms with van der Waals surface area (Å²) in [6.45, 7) is 0.738. The Morgan fingerprint density at radius 1 is 1.31 bits per heavy atom. The highest BCUT2D eigenvalue weighted by molar-refractivity contribution is 7.91. The number of alkyl halides is 1. The molecule has 0 saturated heterocycles. The lowest BCUT2D eigenvalue weighted by molar-refractivity contribution is 0.231. The highest BCUT2D eigenvalue weighted by atomic mass is 32.2. The molecule has 3 nitrogen and oxygen atoms in total. The van der Waals surface area contributed by atoms with E-state index in [-0.39, 0.29) is 11.4 Å². The van der Waals surface area contributed by atoms with Crippen molar-refractivity contribution in [3.05, 3.63) is 30.1 Å². The highest BCUT2D eigenvalue weighted by Gasteiger charge is 2.30. The van der Waals surface area contributed by atoms with Crippen LogP contribution in [0.4, 0.5) is 8.78 Å². The van der Waals surface area contributed by atoms with Gasteiger partial charge in [0.15, 0.2) is 9.84 Å². The van der Waals surface area contributed by atoms with Crippen LogP contribution in [0.1, 0.15) is 6.92 Å². The number of hydrogen-bond acceptors (Lipinski definition) is 3. The van der Waals surface area contributed by atoms with E-state index in [9.17, 15) is 17.2 Å². The van der Waals surface area contributed by atoms with Crippen molar-refractivity contribution < 1.29 is 17.2 Å². The van der Waals surface area contributed by atoms with Crippen molar-refractivity contribution in [1.82, 2.24) is 0 Å². The molecule has 1 aromatic carbocycles. The maximum Gasteiger partial charge on any atom is 0.181 e. The Labute approximate surface area is 93.2 Å². The molecule has 0 radical (unpaired) electrons. The summed E-state index contributed by atoms with van der Waals surface area (Å²) in [5.41, 5.74) is 3.14. The molecule has 0 aliphatic heterocycles. The van der Waals surface area contributed by atoms with E-state index in [2.05, 4.69) is 0 Å². The lowest BCUT2D eigenvalue weighted by atomic mass is 10.2. The minimum absolute atomic E-state index is 0.105. The highest BCUT2D eigenvalue weighted by Crippen LogP contribution is 2.19. The molecule has 1 aromatic rings. The third-order valence-electron chi connectivity index (χ3n) is 2.09. The summed E-state index contributed by atoms with van der Waals surface area (Å²) < 4.78 is 49.5. The summed E-state index contributed by atoms with van der Waals surface area (Å²) in [7, 11) is -3.77. The number of sulfone groups is 1. The molecule has 0 heterocycles. The van der Waals surface area contributed by atoms with Crippen LogP contribution in [0.25, 0.3) is 0 Å². The molecule has 2 N–H and O–H groups in total. The average molecular weight is 249 g/mol. The van der Waals surface area contributed by atoms with Crippen molar-refractivity contribution in [3.63, 3.8) is 0 Å². The number of halogens is 2. The fourth-order valence-corrected chi connectivity index (χ4v) is 2.81.